The molecule has 2 amide bonds. The van der Waals surface area contributed by atoms with Gasteiger partial charge in [-0.3, -0.25) is 9.59 Å². The second-order valence-electron chi connectivity index (χ2n) is 8.07. The van der Waals surface area contributed by atoms with Crippen LogP contribution in [0.3, 0.4) is 0 Å². The topological polar surface area (TPSA) is 52.7 Å². The van der Waals surface area contributed by atoms with E-state index in [4.69, 9.17) is 0 Å². The van der Waals surface area contributed by atoms with E-state index in [0.717, 1.165) is 24.2 Å². The molecule has 1 fully saturated rings. The van der Waals surface area contributed by atoms with E-state index in [-0.39, 0.29) is 17.3 Å². The van der Waals surface area contributed by atoms with Crippen molar-refractivity contribution >= 4 is 23.2 Å². The molecule has 3 aromatic carbocycles. The molecule has 1 aliphatic heterocycles. The molecule has 0 spiro atoms. The Morgan fingerprint density at radius 2 is 1.64 bits per heavy atom. The molecule has 5 nitrogen and oxygen atoms in total. The first kappa shape index (κ1) is 22.5. The molecule has 170 valence electrons. The molecule has 0 aliphatic carbocycles. The number of halogens is 2. The summed E-state index contributed by atoms with van der Waals surface area (Å²) in [5, 5.41) is 2.72. The van der Waals surface area contributed by atoms with Gasteiger partial charge in [0.15, 0.2) is 0 Å². The van der Waals surface area contributed by atoms with Crippen LogP contribution in [0.5, 0.6) is 0 Å². The van der Waals surface area contributed by atoms with E-state index in [1.165, 1.54) is 30.3 Å². The molecule has 7 heteroatoms. The van der Waals surface area contributed by atoms with Gasteiger partial charge >= 0.3 is 0 Å². The normalized spacial score (nSPS) is 14.0. The Morgan fingerprint density at radius 1 is 0.879 bits per heavy atom. The summed E-state index contributed by atoms with van der Waals surface area (Å²) in [6.07, 6.45) is 0.784. The quantitative estimate of drug-likeness (QED) is 0.618. The number of carbonyl (C=O) groups is 2. The van der Waals surface area contributed by atoms with Gasteiger partial charge in [-0.15, -0.1) is 0 Å². The van der Waals surface area contributed by atoms with Gasteiger partial charge in [-0.25, -0.2) is 8.78 Å². The Bertz CT molecular complexity index is 1160. The largest absolute Gasteiger partial charge is 0.370 e. The Kier molecular flexibility index (Phi) is 6.68. The highest BCUT2D eigenvalue weighted by molar-refractivity contribution is 6.05. The first-order valence-electron chi connectivity index (χ1n) is 10.9. The van der Waals surface area contributed by atoms with E-state index in [1.807, 2.05) is 6.92 Å². The standard InChI is InChI=1S/C26H25F2N3O2/c1-18-7-8-19(17-24(18)29-25(32)22-5-2-3-6-23(22)28)26(33)31-14-4-13-30(15-16-31)21-11-9-20(27)10-12-21/h2-3,5-12,17H,4,13-16H2,1H3,(H,29,32). The number of hydrogen-bond donors (Lipinski definition) is 1. The SMILES string of the molecule is Cc1ccc(C(=O)N2CCCN(c3ccc(F)cc3)CC2)cc1NC(=O)c1ccccc1F. The summed E-state index contributed by atoms with van der Waals surface area (Å²) in [6, 6.07) is 17.3. The van der Waals surface area contributed by atoms with Gasteiger partial charge in [-0.1, -0.05) is 18.2 Å². The number of aryl methyl sites for hydroxylation is 1. The van der Waals surface area contributed by atoms with Crippen molar-refractivity contribution in [3.8, 4) is 0 Å². The van der Waals surface area contributed by atoms with Gasteiger partial charge in [-0.05, 0) is 67.4 Å². The van der Waals surface area contributed by atoms with Crippen molar-refractivity contribution in [2.45, 2.75) is 13.3 Å². The van der Waals surface area contributed by atoms with Crippen molar-refractivity contribution in [3.63, 3.8) is 0 Å². The van der Waals surface area contributed by atoms with E-state index >= 15 is 0 Å². The molecule has 33 heavy (non-hydrogen) atoms. The smallest absolute Gasteiger partial charge is 0.258 e. The van der Waals surface area contributed by atoms with Crippen LogP contribution in [0, 0.1) is 18.6 Å². The molecule has 0 bridgehead atoms. The fourth-order valence-electron chi connectivity index (χ4n) is 3.94. The van der Waals surface area contributed by atoms with Crippen molar-refractivity contribution in [2.24, 2.45) is 0 Å². The third-order valence-electron chi connectivity index (χ3n) is 5.83. The van der Waals surface area contributed by atoms with Crippen LogP contribution in [0.25, 0.3) is 0 Å². The third-order valence-corrected chi connectivity index (χ3v) is 5.83. The van der Waals surface area contributed by atoms with Crippen LogP contribution in [0.4, 0.5) is 20.2 Å². The monoisotopic (exact) mass is 449 g/mol. The third kappa shape index (κ3) is 5.19. The van der Waals surface area contributed by atoms with Gasteiger partial charge in [-0.2, -0.15) is 0 Å². The maximum Gasteiger partial charge on any atom is 0.258 e. The number of amides is 2. The van der Waals surface area contributed by atoms with Crippen LogP contribution >= 0.6 is 0 Å². The number of rotatable bonds is 4. The van der Waals surface area contributed by atoms with Crippen LogP contribution in [0.1, 0.15) is 32.7 Å². The fraction of sp³-hybridized carbons (Fsp3) is 0.231. The lowest BCUT2D eigenvalue weighted by Gasteiger charge is -2.24. The number of hydrogen-bond acceptors (Lipinski definition) is 3. The number of nitrogens with zero attached hydrogens (tertiary/aromatic N) is 2. The Hall–Kier alpha value is -3.74. The van der Waals surface area contributed by atoms with Gasteiger partial charge in [0.1, 0.15) is 11.6 Å². The zero-order valence-electron chi connectivity index (χ0n) is 18.4. The lowest BCUT2D eigenvalue weighted by molar-refractivity contribution is 0.0766. The van der Waals surface area contributed by atoms with Gasteiger partial charge in [0.05, 0.1) is 5.56 Å². The fourth-order valence-corrected chi connectivity index (χ4v) is 3.94. The molecule has 0 saturated carbocycles. The van der Waals surface area contributed by atoms with Crippen LogP contribution in [-0.2, 0) is 0 Å². The van der Waals surface area contributed by atoms with Crippen LogP contribution in [-0.4, -0.2) is 42.9 Å². The van der Waals surface area contributed by atoms with Crippen molar-refractivity contribution in [1.82, 2.24) is 4.90 Å². The van der Waals surface area contributed by atoms with Gasteiger partial charge < -0.3 is 15.1 Å². The first-order valence-corrected chi connectivity index (χ1v) is 10.9. The Morgan fingerprint density at radius 3 is 2.39 bits per heavy atom. The van der Waals surface area contributed by atoms with E-state index in [0.29, 0.717) is 30.9 Å². The minimum atomic E-state index is -0.602. The minimum Gasteiger partial charge on any atom is -0.370 e. The molecule has 3 aromatic rings. The Labute approximate surface area is 191 Å². The van der Waals surface area contributed by atoms with Crippen molar-refractivity contribution in [3.05, 3.63) is 95.1 Å². The highest BCUT2D eigenvalue weighted by Gasteiger charge is 2.22. The van der Waals surface area contributed by atoms with Gasteiger partial charge in [0, 0.05) is 43.1 Å². The van der Waals surface area contributed by atoms with Crippen LogP contribution in [0.15, 0.2) is 66.7 Å². The first-order chi connectivity index (χ1) is 15.9. The second kappa shape index (κ2) is 9.81. The van der Waals surface area contributed by atoms with E-state index < -0.39 is 11.7 Å². The highest BCUT2D eigenvalue weighted by atomic mass is 19.1. The van der Waals surface area contributed by atoms with E-state index in [1.54, 1.807) is 41.3 Å². The summed E-state index contributed by atoms with van der Waals surface area (Å²) in [5.74, 6) is -1.57. The van der Waals surface area contributed by atoms with Crippen molar-refractivity contribution in [2.75, 3.05) is 36.4 Å². The molecule has 4 rings (SSSR count). The van der Waals surface area contributed by atoms with Crippen molar-refractivity contribution in [1.29, 1.82) is 0 Å². The predicted octanol–water partition coefficient (Wildman–Crippen LogP) is 4.88. The number of benzene rings is 3. The molecule has 1 N–H and O–H groups in total. The van der Waals surface area contributed by atoms with Gasteiger partial charge in [0.2, 0.25) is 0 Å². The minimum absolute atomic E-state index is 0.0537. The van der Waals surface area contributed by atoms with Crippen LogP contribution < -0.4 is 10.2 Å². The molecule has 0 unspecified atom stereocenters. The average molecular weight is 450 g/mol. The summed E-state index contributed by atoms with van der Waals surface area (Å²) in [7, 11) is 0. The molecular formula is C26H25F2N3O2. The zero-order chi connectivity index (χ0) is 23.4. The highest BCUT2D eigenvalue weighted by Crippen LogP contribution is 2.22. The number of carbonyl (C=O) groups excluding carboxylic acids is 2. The Balaban J connectivity index is 1.46. The zero-order valence-corrected chi connectivity index (χ0v) is 18.4. The van der Waals surface area contributed by atoms with Crippen LogP contribution in [0.2, 0.25) is 0 Å². The summed E-state index contributed by atoms with van der Waals surface area (Å²) in [6.45, 7) is 4.35. The predicted molar refractivity (Wildman–Crippen MR) is 125 cm³/mol. The van der Waals surface area contributed by atoms with E-state index in [9.17, 15) is 18.4 Å². The average Bonchev–Trinajstić information content (AvgIpc) is 3.07. The number of anilines is 2. The molecular weight excluding hydrogens is 424 g/mol. The molecule has 0 atom stereocenters. The second-order valence-corrected chi connectivity index (χ2v) is 8.07. The summed E-state index contributed by atoms with van der Waals surface area (Å²) < 4.78 is 27.2. The molecule has 1 aliphatic rings. The van der Waals surface area contributed by atoms with Crippen molar-refractivity contribution < 1.29 is 18.4 Å². The number of nitrogens with one attached hydrogen (secondary N) is 1. The summed E-state index contributed by atoms with van der Waals surface area (Å²) in [5.41, 5.74) is 2.58. The lowest BCUT2D eigenvalue weighted by Crippen LogP contribution is -2.35. The molecule has 1 saturated heterocycles. The summed E-state index contributed by atoms with van der Waals surface area (Å²) >= 11 is 0. The molecule has 1 heterocycles. The molecule has 0 aromatic heterocycles. The lowest BCUT2D eigenvalue weighted by atomic mass is 10.1. The van der Waals surface area contributed by atoms with E-state index in [2.05, 4.69) is 10.2 Å². The maximum atomic E-state index is 14.0. The molecule has 0 radical (unpaired) electrons. The van der Waals surface area contributed by atoms with Gasteiger partial charge in [0.25, 0.3) is 11.8 Å². The maximum absolute atomic E-state index is 14.0. The summed E-state index contributed by atoms with van der Waals surface area (Å²) in [4.78, 5) is 29.7.